The van der Waals surface area contributed by atoms with Crippen molar-refractivity contribution in [3.63, 3.8) is 0 Å². The third kappa shape index (κ3) is 5.91. The molecule has 0 aromatic heterocycles. The molecule has 1 saturated heterocycles. The zero-order valence-corrected chi connectivity index (χ0v) is 19.6. The van der Waals surface area contributed by atoms with E-state index in [9.17, 15) is 15.2 Å². The van der Waals surface area contributed by atoms with Crippen LogP contribution in [0.4, 0.5) is 0 Å². The van der Waals surface area contributed by atoms with Gasteiger partial charge in [-0.15, -0.1) is 0 Å². The number of hydrogen-bond donors (Lipinski definition) is 2. The molecule has 5 nitrogen and oxygen atoms in total. The predicted octanol–water partition coefficient (Wildman–Crippen LogP) is 4.46. The summed E-state index contributed by atoms with van der Waals surface area (Å²) in [7, 11) is 0. The van der Waals surface area contributed by atoms with Crippen LogP contribution in [0.3, 0.4) is 0 Å². The van der Waals surface area contributed by atoms with Crippen molar-refractivity contribution < 1.29 is 9.90 Å². The molecule has 1 aromatic carbocycles. The van der Waals surface area contributed by atoms with Gasteiger partial charge in [-0.3, -0.25) is 4.79 Å². The molecule has 3 fully saturated rings. The molecule has 0 spiro atoms. The number of carbonyl (C=O) groups is 1. The standard InChI is InChI=1S/C27H39N3O2/c1-2-23-15-25(23)29-19-27(16-21-4-3-5-22(14-21)17-28)10-12-30(13-11-27)18-20-6-8-24(9-7-20)26(31)32/h3-5,14,20,23-25,29H,2,6-13,15-16,18-19H2,1H3,(H,31,32). The number of nitrogens with zero attached hydrogens (tertiary/aromatic N) is 2. The lowest BCUT2D eigenvalue weighted by molar-refractivity contribution is -0.143. The highest BCUT2D eigenvalue weighted by molar-refractivity contribution is 5.69. The van der Waals surface area contributed by atoms with Gasteiger partial charge in [0.15, 0.2) is 0 Å². The molecular formula is C27H39N3O2. The minimum absolute atomic E-state index is 0.120. The monoisotopic (exact) mass is 437 g/mol. The molecule has 4 rings (SSSR count). The van der Waals surface area contributed by atoms with Crippen LogP contribution in [0, 0.1) is 34.5 Å². The highest BCUT2D eigenvalue weighted by Crippen LogP contribution is 2.39. The quantitative estimate of drug-likeness (QED) is 0.596. The molecular weight excluding hydrogens is 398 g/mol. The van der Waals surface area contributed by atoms with E-state index in [2.05, 4.69) is 35.3 Å². The van der Waals surface area contributed by atoms with Crippen LogP contribution in [-0.2, 0) is 11.2 Å². The van der Waals surface area contributed by atoms with Crippen molar-refractivity contribution in [1.82, 2.24) is 10.2 Å². The maximum absolute atomic E-state index is 11.2. The van der Waals surface area contributed by atoms with E-state index in [1.165, 1.54) is 31.2 Å². The first kappa shape index (κ1) is 23.3. The number of nitrogens with one attached hydrogen (secondary N) is 1. The molecule has 1 aliphatic heterocycles. The van der Waals surface area contributed by atoms with Crippen molar-refractivity contribution in [2.75, 3.05) is 26.2 Å². The summed E-state index contributed by atoms with van der Waals surface area (Å²) in [5.74, 6) is 0.778. The summed E-state index contributed by atoms with van der Waals surface area (Å²) < 4.78 is 0. The van der Waals surface area contributed by atoms with Crippen LogP contribution in [0.2, 0.25) is 0 Å². The van der Waals surface area contributed by atoms with E-state index < -0.39 is 5.97 Å². The van der Waals surface area contributed by atoms with Gasteiger partial charge in [-0.25, -0.2) is 0 Å². The summed E-state index contributed by atoms with van der Waals surface area (Å²) in [4.78, 5) is 13.9. The van der Waals surface area contributed by atoms with E-state index in [1.54, 1.807) is 0 Å². The number of aliphatic carboxylic acids is 1. The van der Waals surface area contributed by atoms with Gasteiger partial charge < -0.3 is 15.3 Å². The SMILES string of the molecule is CCC1CC1NCC1(Cc2cccc(C#N)c2)CCN(CC2CCC(C(=O)O)CC2)CC1. The average molecular weight is 438 g/mol. The molecule has 2 aliphatic carbocycles. The zero-order valence-electron chi connectivity index (χ0n) is 19.6. The van der Waals surface area contributed by atoms with E-state index in [0.717, 1.165) is 69.8 Å². The second-order valence-electron chi connectivity index (χ2n) is 10.7. The molecule has 2 saturated carbocycles. The molecule has 0 radical (unpaired) electrons. The van der Waals surface area contributed by atoms with Crippen molar-refractivity contribution in [2.24, 2.45) is 23.2 Å². The molecule has 3 aliphatic rings. The maximum Gasteiger partial charge on any atom is 0.306 e. The van der Waals surface area contributed by atoms with Gasteiger partial charge in [0, 0.05) is 19.1 Å². The molecule has 5 heteroatoms. The fraction of sp³-hybridized carbons (Fsp3) is 0.704. The molecule has 1 heterocycles. The molecule has 32 heavy (non-hydrogen) atoms. The summed E-state index contributed by atoms with van der Waals surface area (Å²) >= 11 is 0. The third-order valence-corrected chi connectivity index (χ3v) is 8.45. The first-order valence-electron chi connectivity index (χ1n) is 12.7. The van der Waals surface area contributed by atoms with Gasteiger partial charge >= 0.3 is 5.97 Å². The van der Waals surface area contributed by atoms with Crippen LogP contribution >= 0.6 is 0 Å². The van der Waals surface area contributed by atoms with E-state index in [4.69, 9.17) is 0 Å². The Kier molecular flexibility index (Phi) is 7.53. The lowest BCUT2D eigenvalue weighted by Gasteiger charge is -2.44. The first-order valence-corrected chi connectivity index (χ1v) is 12.7. The highest BCUT2D eigenvalue weighted by atomic mass is 16.4. The van der Waals surface area contributed by atoms with Crippen LogP contribution in [-0.4, -0.2) is 48.2 Å². The van der Waals surface area contributed by atoms with Crippen molar-refractivity contribution in [3.05, 3.63) is 35.4 Å². The third-order valence-electron chi connectivity index (χ3n) is 8.45. The van der Waals surface area contributed by atoms with Crippen LogP contribution in [0.15, 0.2) is 24.3 Å². The van der Waals surface area contributed by atoms with Crippen molar-refractivity contribution >= 4 is 5.97 Å². The fourth-order valence-corrected chi connectivity index (χ4v) is 6.06. The Morgan fingerprint density at radius 3 is 2.62 bits per heavy atom. The van der Waals surface area contributed by atoms with Crippen LogP contribution in [0.1, 0.15) is 69.4 Å². The zero-order chi connectivity index (χ0) is 22.6. The van der Waals surface area contributed by atoms with Crippen LogP contribution in [0.5, 0.6) is 0 Å². The van der Waals surface area contributed by atoms with Gasteiger partial charge in [-0.05, 0) is 99.4 Å². The summed E-state index contributed by atoms with van der Waals surface area (Å²) in [6.07, 6.45) is 9.80. The summed E-state index contributed by atoms with van der Waals surface area (Å²) in [6, 6.07) is 11.2. The molecule has 2 atom stereocenters. The lowest BCUT2D eigenvalue weighted by Crippen LogP contribution is -2.48. The van der Waals surface area contributed by atoms with Gasteiger partial charge in [-0.2, -0.15) is 5.26 Å². The van der Waals surface area contributed by atoms with E-state index in [-0.39, 0.29) is 11.3 Å². The Bertz CT molecular complexity index is 816. The van der Waals surface area contributed by atoms with Crippen molar-refractivity contribution in [2.45, 2.75) is 70.8 Å². The Hall–Kier alpha value is -1.90. The number of piperidine rings is 1. The lowest BCUT2D eigenvalue weighted by atomic mass is 9.73. The number of rotatable bonds is 9. The summed E-state index contributed by atoms with van der Waals surface area (Å²) in [6.45, 7) is 6.74. The topological polar surface area (TPSA) is 76.4 Å². The minimum atomic E-state index is -0.611. The minimum Gasteiger partial charge on any atom is -0.481 e. The van der Waals surface area contributed by atoms with Gasteiger partial charge in [-0.1, -0.05) is 25.5 Å². The normalized spacial score (nSPS) is 29.9. The van der Waals surface area contributed by atoms with E-state index >= 15 is 0 Å². The number of carboxylic acid groups (broad SMARTS) is 1. The Morgan fingerprint density at radius 2 is 2.00 bits per heavy atom. The van der Waals surface area contributed by atoms with Gasteiger partial charge in [0.05, 0.1) is 17.6 Å². The fourth-order valence-electron chi connectivity index (χ4n) is 6.06. The summed E-state index contributed by atoms with van der Waals surface area (Å²) in [5.41, 5.74) is 2.30. The maximum atomic E-state index is 11.2. The molecule has 0 bridgehead atoms. The first-order chi connectivity index (χ1) is 15.5. The Labute approximate surface area is 193 Å². The Morgan fingerprint density at radius 1 is 1.25 bits per heavy atom. The van der Waals surface area contributed by atoms with E-state index in [0.29, 0.717) is 12.0 Å². The predicted molar refractivity (Wildman–Crippen MR) is 126 cm³/mol. The summed E-state index contributed by atoms with van der Waals surface area (Å²) in [5, 5.41) is 22.4. The Balaban J connectivity index is 1.34. The number of benzene rings is 1. The molecule has 1 aromatic rings. The second-order valence-corrected chi connectivity index (χ2v) is 10.7. The van der Waals surface area contributed by atoms with E-state index in [1.807, 2.05) is 12.1 Å². The highest BCUT2D eigenvalue weighted by Gasteiger charge is 2.40. The van der Waals surface area contributed by atoms with Crippen molar-refractivity contribution in [3.8, 4) is 6.07 Å². The van der Waals surface area contributed by atoms with Gasteiger partial charge in [0.25, 0.3) is 0 Å². The molecule has 0 amide bonds. The average Bonchev–Trinajstić information content (AvgIpc) is 3.59. The molecule has 2 N–H and O–H groups in total. The van der Waals surface area contributed by atoms with Gasteiger partial charge in [0.2, 0.25) is 0 Å². The smallest absolute Gasteiger partial charge is 0.306 e. The number of likely N-dealkylation sites (tertiary alicyclic amines) is 1. The molecule has 174 valence electrons. The molecule has 2 unspecified atom stereocenters. The number of hydrogen-bond acceptors (Lipinski definition) is 4. The van der Waals surface area contributed by atoms with Crippen LogP contribution in [0.25, 0.3) is 0 Å². The number of nitriles is 1. The number of carboxylic acids is 1. The van der Waals surface area contributed by atoms with Crippen molar-refractivity contribution in [1.29, 1.82) is 5.26 Å². The van der Waals surface area contributed by atoms with Gasteiger partial charge in [0.1, 0.15) is 0 Å². The largest absolute Gasteiger partial charge is 0.481 e. The van der Waals surface area contributed by atoms with Crippen LogP contribution < -0.4 is 5.32 Å². The second kappa shape index (κ2) is 10.4.